The Morgan fingerprint density at radius 1 is 0.267 bits per heavy atom. The molecular formula is C6H26Nd2O22. The molecule has 0 saturated heterocycles. The normalized spacial score (nSPS) is 4.40. The van der Waals surface area contributed by atoms with Crippen molar-refractivity contribution in [3.8, 4) is 0 Å². The van der Waals surface area contributed by atoms with Crippen molar-refractivity contribution in [3.05, 3.63) is 0 Å². The maximum atomic E-state index is 9.10. The molecule has 0 aromatic heterocycles. The second kappa shape index (κ2) is 70.6. The quantitative estimate of drug-likeness (QED) is 0.126. The van der Waals surface area contributed by atoms with Crippen LogP contribution in [0.1, 0.15) is 0 Å². The Balaban J connectivity index is -0.00000000721. The van der Waals surface area contributed by atoms with E-state index >= 15 is 0 Å². The van der Waals surface area contributed by atoms with Gasteiger partial charge in [0.15, 0.2) is 0 Å². The molecule has 0 atom stereocenters. The zero-order valence-corrected chi connectivity index (χ0v) is 20.5. The van der Waals surface area contributed by atoms with Gasteiger partial charge >= 0.3 is 35.8 Å². The largest absolute Gasteiger partial charge is 0.473 e. The third-order valence-corrected chi connectivity index (χ3v) is 0.549. The Morgan fingerprint density at radius 2 is 0.300 bits per heavy atom. The molecule has 190 valence electrons. The minimum Gasteiger partial charge on any atom is -0.473 e. The molecule has 0 aliphatic heterocycles. The summed E-state index contributed by atoms with van der Waals surface area (Å²) in [6.07, 6.45) is 0. The van der Waals surface area contributed by atoms with E-state index in [0.29, 0.717) is 0 Å². The summed E-state index contributed by atoms with van der Waals surface area (Å²) in [6, 6.07) is 0. The molecular weight excluding hydrogens is 713 g/mol. The average molecular weight is 739 g/mol. The molecule has 0 rings (SSSR count). The zero-order valence-electron chi connectivity index (χ0n) is 14.1. The maximum Gasteiger partial charge on any atom is 0.414 e. The first-order valence-electron chi connectivity index (χ1n) is 3.32. The van der Waals surface area contributed by atoms with Crippen LogP contribution in [0.4, 0.5) is 0 Å². The molecule has 22 nitrogen and oxygen atoms in total. The number of aliphatic carboxylic acids is 6. The molecule has 0 saturated carbocycles. The van der Waals surface area contributed by atoms with E-state index in [1.807, 2.05) is 0 Å². The van der Waals surface area contributed by atoms with Gasteiger partial charge in [-0.3, -0.25) is 0 Å². The van der Waals surface area contributed by atoms with Crippen LogP contribution in [0.3, 0.4) is 0 Å². The van der Waals surface area contributed by atoms with Crippen LogP contribution in [0, 0.1) is 81.7 Å². The van der Waals surface area contributed by atoms with Crippen LogP contribution in [0.5, 0.6) is 0 Å². The molecule has 0 aliphatic carbocycles. The fourth-order valence-electron chi connectivity index (χ4n) is 0. The summed E-state index contributed by atoms with van der Waals surface area (Å²) in [5.74, 6) is -10.9. The van der Waals surface area contributed by atoms with Crippen molar-refractivity contribution in [3.63, 3.8) is 0 Å². The van der Waals surface area contributed by atoms with Gasteiger partial charge in [0, 0.05) is 81.7 Å². The van der Waals surface area contributed by atoms with Gasteiger partial charge in [-0.1, -0.05) is 0 Å². The molecule has 0 radical (unpaired) electrons. The van der Waals surface area contributed by atoms with Gasteiger partial charge in [-0.15, -0.1) is 0 Å². The monoisotopic (exact) mass is 734 g/mol. The summed E-state index contributed by atoms with van der Waals surface area (Å²) in [5.41, 5.74) is 0. The Morgan fingerprint density at radius 3 is 0.300 bits per heavy atom. The first-order chi connectivity index (χ1) is 7.93. The molecule has 0 aromatic rings. The molecule has 0 fully saturated rings. The smallest absolute Gasteiger partial charge is 0.414 e. The predicted octanol–water partition coefficient (Wildman–Crippen LogP) is -10.8. The SMILES string of the molecule is O.O.O.O.O.O.O.O.O.O.O=C(O)C(=O)O.O=C(O)C(=O)O.O=C(O)C(=O)O.[Nd].[Nd]. The summed E-state index contributed by atoms with van der Waals surface area (Å²) in [4.78, 5) is 54.6. The van der Waals surface area contributed by atoms with Gasteiger partial charge in [0.25, 0.3) is 0 Å². The molecule has 30 heavy (non-hydrogen) atoms. The minimum absolute atomic E-state index is 0. The van der Waals surface area contributed by atoms with E-state index in [9.17, 15) is 0 Å². The van der Waals surface area contributed by atoms with Gasteiger partial charge in [-0.2, -0.15) is 0 Å². The fraction of sp³-hybridized carbons (Fsp3) is 0. The second-order valence-corrected chi connectivity index (χ2v) is 1.83. The number of rotatable bonds is 0. The molecule has 26 N–H and O–H groups in total. The number of hydrogen-bond acceptors (Lipinski definition) is 6. The van der Waals surface area contributed by atoms with E-state index in [-0.39, 0.29) is 136 Å². The third kappa shape index (κ3) is 150. The third-order valence-electron chi connectivity index (χ3n) is 0.549. The summed E-state index contributed by atoms with van der Waals surface area (Å²) < 4.78 is 0. The van der Waals surface area contributed by atoms with Crippen molar-refractivity contribution in [2.75, 3.05) is 0 Å². The summed E-state index contributed by atoms with van der Waals surface area (Å²) in [7, 11) is 0. The maximum absolute atomic E-state index is 9.10. The van der Waals surface area contributed by atoms with Gasteiger partial charge in [0.2, 0.25) is 0 Å². The van der Waals surface area contributed by atoms with Gasteiger partial charge in [-0.05, 0) is 0 Å². The van der Waals surface area contributed by atoms with E-state index in [1.54, 1.807) is 0 Å². The van der Waals surface area contributed by atoms with Crippen LogP contribution >= 0.6 is 0 Å². The molecule has 0 amide bonds. The van der Waals surface area contributed by atoms with Crippen molar-refractivity contribution in [2.45, 2.75) is 0 Å². The minimum atomic E-state index is -1.82. The Hall–Kier alpha value is -0.879. The van der Waals surface area contributed by atoms with Crippen LogP contribution in [0.15, 0.2) is 0 Å². The van der Waals surface area contributed by atoms with Crippen LogP contribution in [0.2, 0.25) is 0 Å². The first-order valence-corrected chi connectivity index (χ1v) is 3.32. The van der Waals surface area contributed by atoms with E-state index in [1.165, 1.54) is 0 Å². The van der Waals surface area contributed by atoms with Crippen LogP contribution in [0.25, 0.3) is 0 Å². The molecule has 0 bridgehead atoms. The standard InChI is InChI=1S/3C2H2O4.2Nd.10H2O/c3*3-1(4)2(5)6;;;;;;;;;;;;/h3*(H,3,4)(H,5,6);;;10*1H2. The molecule has 0 heterocycles. The molecule has 0 spiro atoms. The van der Waals surface area contributed by atoms with Crippen LogP contribution in [-0.2, 0) is 28.8 Å². The molecule has 24 heteroatoms. The van der Waals surface area contributed by atoms with Crippen molar-refractivity contribution >= 4 is 35.8 Å². The predicted molar refractivity (Wildman–Crippen MR) is 82.0 cm³/mol. The van der Waals surface area contributed by atoms with Crippen molar-refractivity contribution in [1.29, 1.82) is 0 Å². The van der Waals surface area contributed by atoms with E-state index in [2.05, 4.69) is 0 Å². The van der Waals surface area contributed by atoms with Crippen molar-refractivity contribution in [1.82, 2.24) is 0 Å². The summed E-state index contributed by atoms with van der Waals surface area (Å²) >= 11 is 0. The molecule has 0 aliphatic rings. The Kier molecular flexibility index (Phi) is 272. The van der Waals surface area contributed by atoms with Crippen LogP contribution < -0.4 is 0 Å². The first kappa shape index (κ1) is 115. The van der Waals surface area contributed by atoms with Gasteiger partial charge < -0.3 is 85.4 Å². The van der Waals surface area contributed by atoms with Crippen molar-refractivity contribution in [2.24, 2.45) is 0 Å². The Bertz CT molecular complexity index is 287. The van der Waals surface area contributed by atoms with Crippen molar-refractivity contribution < 1.29 is 196 Å². The van der Waals surface area contributed by atoms with Gasteiger partial charge in [0.05, 0.1) is 0 Å². The van der Waals surface area contributed by atoms with Crippen LogP contribution in [-0.4, -0.2) is 121 Å². The van der Waals surface area contributed by atoms with E-state index in [4.69, 9.17) is 59.4 Å². The summed E-state index contributed by atoms with van der Waals surface area (Å²) in [5, 5.41) is 44.3. The van der Waals surface area contributed by atoms with E-state index < -0.39 is 35.8 Å². The number of hydrogen-bond donors (Lipinski definition) is 6. The average Bonchev–Trinajstić information content (AvgIpc) is 2.18. The van der Waals surface area contributed by atoms with Gasteiger partial charge in [-0.25, -0.2) is 28.8 Å². The second-order valence-electron chi connectivity index (χ2n) is 1.83. The molecule has 0 aromatic carbocycles. The van der Waals surface area contributed by atoms with E-state index in [0.717, 1.165) is 0 Å². The fourth-order valence-corrected chi connectivity index (χ4v) is 0. The number of carboxylic acid groups (broad SMARTS) is 6. The number of carbonyl (C=O) groups is 6. The number of carboxylic acids is 6. The van der Waals surface area contributed by atoms with Gasteiger partial charge in [0.1, 0.15) is 0 Å². The zero-order chi connectivity index (χ0) is 15.5. The Labute approximate surface area is 229 Å². The molecule has 0 unspecified atom stereocenters. The topological polar surface area (TPSA) is 539 Å². The summed E-state index contributed by atoms with van der Waals surface area (Å²) in [6.45, 7) is 0.